The van der Waals surface area contributed by atoms with Crippen molar-refractivity contribution in [2.45, 2.75) is 25.3 Å². The molecular weight excluding hydrogens is 278 g/mol. The van der Waals surface area contributed by atoms with E-state index >= 15 is 0 Å². The molecule has 0 spiro atoms. The van der Waals surface area contributed by atoms with Crippen LogP contribution < -0.4 is 16.0 Å². The van der Waals surface area contributed by atoms with Gasteiger partial charge in [-0.05, 0) is 44.2 Å². The van der Waals surface area contributed by atoms with Gasteiger partial charge in [-0.2, -0.15) is 0 Å². The molecule has 0 radical (unpaired) electrons. The number of carbonyl (C=O) groups excluding carboxylic acids is 2. The van der Waals surface area contributed by atoms with E-state index in [4.69, 9.17) is 0 Å². The quantitative estimate of drug-likeness (QED) is 0.746. The second kappa shape index (κ2) is 7.87. The van der Waals surface area contributed by atoms with Crippen LogP contribution in [0, 0.1) is 0 Å². The lowest BCUT2D eigenvalue weighted by molar-refractivity contribution is -0.116. The first-order chi connectivity index (χ1) is 9.19. The normalized spacial score (nSPS) is 13.2. The van der Waals surface area contributed by atoms with Gasteiger partial charge < -0.3 is 16.0 Å². The van der Waals surface area contributed by atoms with Crippen LogP contribution in [-0.4, -0.2) is 31.4 Å². The van der Waals surface area contributed by atoms with Gasteiger partial charge >= 0.3 is 0 Å². The first kappa shape index (κ1) is 16.5. The number of hydrogen-bond acceptors (Lipinski definition) is 3. The maximum atomic E-state index is 11.8. The van der Waals surface area contributed by atoms with Crippen molar-refractivity contribution in [3.8, 4) is 0 Å². The Balaban J connectivity index is 0.00000200. The summed E-state index contributed by atoms with van der Waals surface area (Å²) in [5.74, 6) is -0.0832. The Morgan fingerprint density at radius 3 is 2.40 bits per heavy atom. The van der Waals surface area contributed by atoms with Crippen molar-refractivity contribution >= 4 is 29.9 Å². The zero-order chi connectivity index (χ0) is 13.7. The van der Waals surface area contributed by atoms with Gasteiger partial charge in [0, 0.05) is 30.3 Å². The highest BCUT2D eigenvalue weighted by Crippen LogP contribution is 2.19. The summed E-state index contributed by atoms with van der Waals surface area (Å²) < 4.78 is 0. The summed E-state index contributed by atoms with van der Waals surface area (Å²) >= 11 is 0. The number of anilines is 1. The number of halogens is 1. The molecule has 0 aromatic heterocycles. The first-order valence-electron chi connectivity index (χ1n) is 6.54. The van der Waals surface area contributed by atoms with Crippen LogP contribution in [-0.2, 0) is 4.79 Å². The second-order valence-electron chi connectivity index (χ2n) is 4.73. The molecule has 5 nitrogen and oxygen atoms in total. The average Bonchev–Trinajstić information content (AvgIpc) is 3.21. The van der Waals surface area contributed by atoms with Crippen LogP contribution in [0.15, 0.2) is 24.3 Å². The third-order valence-corrected chi connectivity index (χ3v) is 2.95. The molecule has 0 saturated heterocycles. The van der Waals surface area contributed by atoms with Gasteiger partial charge in [-0.1, -0.05) is 0 Å². The first-order valence-corrected chi connectivity index (χ1v) is 6.54. The van der Waals surface area contributed by atoms with E-state index in [1.165, 1.54) is 0 Å². The van der Waals surface area contributed by atoms with Crippen molar-refractivity contribution in [3.63, 3.8) is 0 Å². The largest absolute Gasteiger partial charge is 0.349 e. The fourth-order valence-electron chi connectivity index (χ4n) is 1.66. The molecule has 20 heavy (non-hydrogen) atoms. The van der Waals surface area contributed by atoms with Crippen LogP contribution in [0.3, 0.4) is 0 Å². The highest BCUT2D eigenvalue weighted by molar-refractivity contribution is 5.96. The summed E-state index contributed by atoms with van der Waals surface area (Å²) in [7, 11) is 1.81. The monoisotopic (exact) mass is 297 g/mol. The van der Waals surface area contributed by atoms with Crippen molar-refractivity contribution in [1.29, 1.82) is 0 Å². The fraction of sp³-hybridized carbons (Fsp3) is 0.429. The molecule has 0 unspecified atom stereocenters. The number of benzene rings is 1. The van der Waals surface area contributed by atoms with Crippen LogP contribution >= 0.6 is 12.4 Å². The topological polar surface area (TPSA) is 70.2 Å². The Labute approximate surface area is 124 Å². The maximum absolute atomic E-state index is 11.8. The van der Waals surface area contributed by atoms with Crippen molar-refractivity contribution < 1.29 is 9.59 Å². The fourth-order valence-corrected chi connectivity index (χ4v) is 1.66. The summed E-state index contributed by atoms with van der Waals surface area (Å²) in [6.45, 7) is 0.647. The third kappa shape index (κ3) is 5.19. The molecule has 110 valence electrons. The van der Waals surface area contributed by atoms with Crippen LogP contribution in [0.5, 0.6) is 0 Å². The summed E-state index contributed by atoms with van der Waals surface area (Å²) in [4.78, 5) is 23.3. The van der Waals surface area contributed by atoms with E-state index in [-0.39, 0.29) is 24.2 Å². The number of amides is 2. The van der Waals surface area contributed by atoms with Crippen molar-refractivity contribution in [2.24, 2.45) is 0 Å². The smallest absolute Gasteiger partial charge is 0.251 e. The minimum absolute atomic E-state index is 0. The van der Waals surface area contributed by atoms with Crippen LogP contribution in [0.4, 0.5) is 5.69 Å². The minimum Gasteiger partial charge on any atom is -0.349 e. The molecule has 2 amide bonds. The lowest BCUT2D eigenvalue weighted by atomic mass is 10.2. The predicted molar refractivity (Wildman–Crippen MR) is 81.4 cm³/mol. The molecule has 1 aromatic carbocycles. The predicted octanol–water partition coefficient (Wildman–Crippen LogP) is 1.55. The Kier molecular flexibility index (Phi) is 6.48. The highest BCUT2D eigenvalue weighted by Gasteiger charge is 2.23. The van der Waals surface area contributed by atoms with E-state index in [1.807, 2.05) is 0 Å². The van der Waals surface area contributed by atoms with E-state index < -0.39 is 0 Å². The summed E-state index contributed by atoms with van der Waals surface area (Å²) in [6, 6.07) is 7.31. The SMILES string of the molecule is CNCCC(=O)Nc1ccc(C(=O)NC2CC2)cc1.Cl. The highest BCUT2D eigenvalue weighted by atomic mass is 35.5. The molecule has 2 rings (SSSR count). The molecule has 1 fully saturated rings. The molecule has 1 saturated carbocycles. The summed E-state index contributed by atoms with van der Waals surface area (Å²) in [5, 5.41) is 8.63. The van der Waals surface area contributed by atoms with Gasteiger partial charge in [-0.3, -0.25) is 9.59 Å². The van der Waals surface area contributed by atoms with Crippen molar-refractivity contribution in [1.82, 2.24) is 10.6 Å². The van der Waals surface area contributed by atoms with Gasteiger partial charge in [-0.15, -0.1) is 12.4 Å². The lowest BCUT2D eigenvalue weighted by Gasteiger charge is -2.07. The maximum Gasteiger partial charge on any atom is 0.251 e. The van der Waals surface area contributed by atoms with Crippen molar-refractivity contribution in [3.05, 3.63) is 29.8 Å². The van der Waals surface area contributed by atoms with Gasteiger partial charge in [0.2, 0.25) is 5.91 Å². The van der Waals surface area contributed by atoms with Gasteiger partial charge in [0.15, 0.2) is 0 Å². The molecule has 0 heterocycles. The van der Waals surface area contributed by atoms with Gasteiger partial charge in [-0.25, -0.2) is 0 Å². The Morgan fingerprint density at radius 1 is 1.20 bits per heavy atom. The third-order valence-electron chi connectivity index (χ3n) is 2.95. The Bertz CT molecular complexity index is 458. The van der Waals surface area contributed by atoms with Gasteiger partial charge in [0.25, 0.3) is 5.91 Å². The molecule has 1 aliphatic rings. The molecule has 0 atom stereocenters. The number of hydrogen-bond donors (Lipinski definition) is 3. The number of rotatable bonds is 6. The van der Waals surface area contributed by atoms with Crippen LogP contribution in [0.25, 0.3) is 0 Å². The number of nitrogens with one attached hydrogen (secondary N) is 3. The molecular formula is C14H20ClN3O2. The van der Waals surface area contributed by atoms with E-state index in [9.17, 15) is 9.59 Å². The van der Waals surface area contributed by atoms with Crippen molar-refractivity contribution in [2.75, 3.05) is 18.9 Å². The zero-order valence-electron chi connectivity index (χ0n) is 11.4. The van der Waals surface area contributed by atoms with Gasteiger partial charge in [0.1, 0.15) is 0 Å². The molecule has 3 N–H and O–H groups in total. The van der Waals surface area contributed by atoms with E-state index in [1.54, 1.807) is 31.3 Å². The zero-order valence-corrected chi connectivity index (χ0v) is 12.3. The van der Waals surface area contributed by atoms with E-state index in [0.717, 1.165) is 12.8 Å². The molecule has 0 aliphatic heterocycles. The number of carbonyl (C=O) groups is 2. The summed E-state index contributed by atoms with van der Waals surface area (Å²) in [6.07, 6.45) is 2.58. The molecule has 0 bridgehead atoms. The lowest BCUT2D eigenvalue weighted by Crippen LogP contribution is -2.25. The molecule has 1 aliphatic carbocycles. The van der Waals surface area contributed by atoms with E-state index in [0.29, 0.717) is 30.3 Å². The molecule has 1 aromatic rings. The standard InChI is InChI=1S/C14H19N3O2.ClH/c1-15-9-8-13(18)16-11-4-2-10(3-5-11)14(19)17-12-6-7-12;/h2-5,12,15H,6-9H2,1H3,(H,16,18)(H,17,19);1H. The Hall–Kier alpha value is -1.59. The second-order valence-corrected chi connectivity index (χ2v) is 4.73. The summed E-state index contributed by atoms with van der Waals surface area (Å²) in [5.41, 5.74) is 1.34. The van der Waals surface area contributed by atoms with E-state index in [2.05, 4.69) is 16.0 Å². The molecule has 6 heteroatoms. The minimum atomic E-state index is -0.0458. The van der Waals surface area contributed by atoms with Gasteiger partial charge in [0.05, 0.1) is 0 Å². The Morgan fingerprint density at radius 2 is 1.85 bits per heavy atom. The van der Waals surface area contributed by atoms with Crippen LogP contribution in [0.2, 0.25) is 0 Å². The van der Waals surface area contributed by atoms with Crippen LogP contribution in [0.1, 0.15) is 29.6 Å². The average molecular weight is 298 g/mol.